The van der Waals surface area contributed by atoms with Gasteiger partial charge in [0.25, 0.3) is 0 Å². The first-order chi connectivity index (χ1) is 69.6. The molecule has 0 bridgehead atoms. The van der Waals surface area contributed by atoms with Gasteiger partial charge in [0.05, 0.1) is 107 Å². The topological polar surface area (TPSA) is 249 Å². The summed E-state index contributed by atoms with van der Waals surface area (Å²) in [4.78, 5) is 29.2. The molecular formula is C117H151N3O22. The van der Waals surface area contributed by atoms with Gasteiger partial charge >= 0.3 is 11.9 Å². The number of aromatic nitrogens is 3. The summed E-state index contributed by atoms with van der Waals surface area (Å²) in [7, 11) is 4.80. The summed E-state index contributed by atoms with van der Waals surface area (Å²) in [6, 6.07) is 36.7. The molecule has 0 aliphatic heterocycles. The lowest BCUT2D eigenvalue weighted by Gasteiger charge is -2.20. The minimum Gasteiger partial charge on any atom is -0.493 e. The summed E-state index contributed by atoms with van der Waals surface area (Å²) in [6.45, 7) is 30.8. The molecule has 13 rings (SSSR count). The number of methoxy groups -OCH3 is 3. The van der Waals surface area contributed by atoms with Crippen LogP contribution in [-0.2, 0) is 38.8 Å². The van der Waals surface area contributed by atoms with Crippen molar-refractivity contribution in [1.29, 1.82) is 0 Å². The third-order valence-electron chi connectivity index (χ3n) is 25.5. The van der Waals surface area contributed by atoms with Gasteiger partial charge in [0, 0.05) is 6.54 Å². The number of hydrogen-bond acceptors (Lipinski definition) is 24. The van der Waals surface area contributed by atoms with E-state index < -0.39 is 25.2 Å². The first-order valence-corrected chi connectivity index (χ1v) is 52.6. The molecule has 25 heteroatoms. The van der Waals surface area contributed by atoms with Gasteiger partial charge < -0.3 is 94.7 Å². The number of esters is 2. The first kappa shape index (κ1) is 107. The lowest BCUT2D eigenvalue weighted by atomic mass is 9.93. The maximum Gasteiger partial charge on any atom is 0.344 e. The summed E-state index contributed by atoms with van der Waals surface area (Å²) in [5, 5.41) is 25.4. The van der Waals surface area contributed by atoms with E-state index in [1.54, 1.807) is 26.0 Å². The Morgan fingerprint density at radius 2 is 0.373 bits per heavy atom. The molecule has 0 spiro atoms. The van der Waals surface area contributed by atoms with Crippen molar-refractivity contribution in [2.75, 3.05) is 120 Å². The van der Waals surface area contributed by atoms with E-state index >= 15 is 0 Å². The lowest BCUT2D eigenvalue weighted by Crippen LogP contribution is -2.18. The molecule has 766 valence electrons. The maximum atomic E-state index is 14.7. The summed E-state index contributed by atoms with van der Waals surface area (Å²) in [6.07, 6.45) is 23.1. The molecule has 0 N–H and O–H groups in total. The quantitative estimate of drug-likeness (QED) is 0.0195. The Labute approximate surface area is 837 Å². The molecule has 12 aromatic carbocycles. The summed E-state index contributed by atoms with van der Waals surface area (Å²) in [5.74, 6) is 8.78. The highest BCUT2D eigenvalue weighted by atomic mass is 16.6. The van der Waals surface area contributed by atoms with E-state index in [1.807, 2.05) is 42.5 Å². The monoisotopic (exact) mass is 1950 g/mol. The number of fused-ring (bicyclic) bond motifs is 18. The van der Waals surface area contributed by atoms with E-state index in [0.29, 0.717) is 202 Å². The number of unbranched alkanes of at least 4 members (excludes halogenated alkanes) is 13. The second-order valence-corrected chi connectivity index (χ2v) is 36.3. The average Bonchev–Trinajstić information content (AvgIpc) is 0.785. The Morgan fingerprint density at radius 3 is 0.556 bits per heavy atom. The molecule has 25 nitrogen and oxygen atoms in total. The minimum atomic E-state index is -0.721. The van der Waals surface area contributed by atoms with Crippen LogP contribution in [0.25, 0.3) is 97.0 Å². The standard InChI is InChI=1S/C117H151N3O22/c1-16-28-43-126-104-62-84-78-56-98(123-13)101(59-81(78)87-65-107(129-46-31-19-4)113(135-52-37-25-10)71-93(87)90(84)68-110(104)132-49-34-22-7)138-55-41-40-42-120-97(75-142-117(122)77-140-103-61-83-80(58-100(103)125-15)86-64-106(128-45-30-18-3)112(134-51-36-24-9)70-92(86)95-73-115(137-54-39-27-12)109(67-89(83)95)131-48-33-21-6)96(118-119-120)74-141-116(121)76-139-102-60-82-79(57-99(102)124-14)85-63-105(127-44-29-17-2)111(133-50-35-23-8)69-91(85)94-72-114(136-53-38-26-11)108(66-88(82)94)130-47-32-20-5/h56-73H,16-55,74-77H2,1-15H3. The Bertz CT molecular complexity index is 6330. The Hall–Kier alpha value is -12.5. The SMILES string of the molecule is CCCCOc1cc2c3cc(OC)c(OCCCCn4nnc(COC(=O)COc5cc6c(cc5OC)c5cc(OCCCC)c(OCCCC)cc5c5cc(OCCCC)c(OCCCC)cc65)c4COC(=O)COc4cc5c(cc4OC)c4cc(OCCCC)c(OCCCC)cc4c4cc(OCCCC)c(OCCCC)cc54)cc3c3cc(OCCCC)c(OCCCC)cc3c2cc1OCCCC. The van der Waals surface area contributed by atoms with Gasteiger partial charge in [-0.25, -0.2) is 14.3 Å². The minimum absolute atomic E-state index is 0.247. The number of benzene rings is 12. The molecule has 1 heterocycles. The van der Waals surface area contributed by atoms with Crippen LogP contribution >= 0.6 is 0 Å². The molecule has 142 heavy (non-hydrogen) atoms. The number of carbonyl (C=O) groups is 2. The molecule has 0 aliphatic rings. The molecule has 0 radical (unpaired) electrons. The third kappa shape index (κ3) is 27.1. The smallest absolute Gasteiger partial charge is 0.344 e. The van der Waals surface area contributed by atoms with Crippen LogP contribution < -0.4 is 85.3 Å². The van der Waals surface area contributed by atoms with Crippen LogP contribution in [-0.4, -0.2) is 147 Å². The van der Waals surface area contributed by atoms with Gasteiger partial charge in [0.1, 0.15) is 24.6 Å². The van der Waals surface area contributed by atoms with Crippen molar-refractivity contribution in [2.24, 2.45) is 0 Å². The van der Waals surface area contributed by atoms with E-state index in [-0.39, 0.29) is 31.3 Å². The van der Waals surface area contributed by atoms with Crippen molar-refractivity contribution in [3.63, 3.8) is 0 Å². The van der Waals surface area contributed by atoms with Gasteiger partial charge in [-0.2, -0.15) is 0 Å². The van der Waals surface area contributed by atoms with E-state index in [4.69, 9.17) is 94.7 Å². The van der Waals surface area contributed by atoms with Crippen LogP contribution in [0.2, 0.25) is 0 Å². The van der Waals surface area contributed by atoms with Crippen LogP contribution in [0.15, 0.2) is 109 Å². The summed E-state index contributed by atoms with van der Waals surface area (Å²) >= 11 is 0. The highest BCUT2D eigenvalue weighted by Gasteiger charge is 2.28. The normalized spacial score (nSPS) is 11.5. The molecule has 0 amide bonds. The Morgan fingerprint density at radius 1 is 0.211 bits per heavy atom. The van der Waals surface area contributed by atoms with Crippen LogP contribution in [0.4, 0.5) is 0 Å². The largest absolute Gasteiger partial charge is 0.493 e. The Kier molecular flexibility index (Phi) is 41.5. The van der Waals surface area contributed by atoms with Gasteiger partial charge in [-0.3, -0.25) is 0 Å². The molecule has 1 aromatic heterocycles. The van der Waals surface area contributed by atoms with Crippen LogP contribution in [0, 0.1) is 0 Å². The molecule has 0 atom stereocenters. The zero-order valence-electron chi connectivity index (χ0n) is 86.8. The van der Waals surface area contributed by atoms with Crippen molar-refractivity contribution in [3.05, 3.63) is 121 Å². The van der Waals surface area contributed by atoms with Gasteiger partial charge in [-0.1, -0.05) is 165 Å². The van der Waals surface area contributed by atoms with Crippen LogP contribution in [0.1, 0.15) is 261 Å². The highest BCUT2D eigenvalue weighted by molar-refractivity contribution is 6.29. The molecular weight excluding hydrogens is 1800 g/mol. The van der Waals surface area contributed by atoms with Gasteiger partial charge in [-0.15, -0.1) is 5.10 Å². The molecule has 0 saturated heterocycles. The fraction of sp³-hybridized carbons (Fsp3) is 0.504. The molecule has 0 saturated carbocycles. The van der Waals surface area contributed by atoms with Crippen molar-refractivity contribution in [2.45, 2.75) is 270 Å². The number of hydrogen-bond donors (Lipinski definition) is 0. The zero-order valence-corrected chi connectivity index (χ0v) is 86.8. The number of aryl methyl sites for hydroxylation is 1. The average molecular weight is 1950 g/mol. The molecule has 13 aromatic rings. The van der Waals surface area contributed by atoms with E-state index in [0.717, 1.165) is 251 Å². The van der Waals surface area contributed by atoms with Crippen LogP contribution in [0.3, 0.4) is 0 Å². The van der Waals surface area contributed by atoms with E-state index in [9.17, 15) is 9.59 Å². The molecule has 0 aliphatic carbocycles. The maximum absolute atomic E-state index is 14.7. The second-order valence-electron chi connectivity index (χ2n) is 36.3. The predicted molar refractivity (Wildman–Crippen MR) is 567 cm³/mol. The van der Waals surface area contributed by atoms with Gasteiger partial charge in [0.15, 0.2) is 117 Å². The van der Waals surface area contributed by atoms with Crippen molar-refractivity contribution in [1.82, 2.24) is 15.0 Å². The van der Waals surface area contributed by atoms with E-state index in [1.165, 1.54) is 0 Å². The van der Waals surface area contributed by atoms with Gasteiger partial charge in [-0.05, 0) is 296 Å². The number of rotatable bonds is 67. The van der Waals surface area contributed by atoms with E-state index in [2.05, 4.69) is 160 Å². The predicted octanol–water partition coefficient (Wildman–Crippen LogP) is 28.9. The van der Waals surface area contributed by atoms with Crippen molar-refractivity contribution >= 4 is 109 Å². The third-order valence-corrected chi connectivity index (χ3v) is 25.5. The van der Waals surface area contributed by atoms with Crippen molar-refractivity contribution < 1.29 is 104 Å². The highest BCUT2D eigenvalue weighted by Crippen LogP contribution is 2.53. The molecule has 0 fully saturated rings. The fourth-order valence-electron chi connectivity index (χ4n) is 17.2. The Balaban J connectivity index is 0.828. The lowest BCUT2D eigenvalue weighted by molar-refractivity contribution is -0.149. The summed E-state index contributed by atoms with van der Waals surface area (Å²) < 4.78 is 131. The number of ether oxygens (including phenoxy) is 20. The molecule has 0 unspecified atom stereocenters. The van der Waals surface area contributed by atoms with Crippen molar-refractivity contribution in [3.8, 4) is 103 Å². The van der Waals surface area contributed by atoms with Crippen LogP contribution in [0.5, 0.6) is 103 Å². The second kappa shape index (κ2) is 55.2. The number of nitrogens with zero attached hydrogens (tertiary/aromatic N) is 3. The first-order valence-electron chi connectivity index (χ1n) is 52.6. The zero-order chi connectivity index (χ0) is 100. The number of carbonyl (C=O) groups excluding carboxylic acids is 2. The van der Waals surface area contributed by atoms with Gasteiger partial charge in [0.2, 0.25) is 0 Å². The fourth-order valence-corrected chi connectivity index (χ4v) is 17.2. The summed E-state index contributed by atoms with van der Waals surface area (Å²) in [5.41, 5.74) is 0.630.